The first-order valence-electron chi connectivity index (χ1n) is 9.00. The lowest BCUT2D eigenvalue weighted by atomic mass is 9.90. The highest BCUT2D eigenvalue weighted by atomic mass is 16.4. The van der Waals surface area contributed by atoms with E-state index in [0.717, 1.165) is 0 Å². The first-order chi connectivity index (χ1) is 14.8. The molecule has 2 unspecified atom stereocenters. The van der Waals surface area contributed by atoms with Crippen molar-refractivity contribution >= 4 is 35.8 Å². The standard InChI is InChI=1S/C20H21N5O6/c21-24-11-23-14-8-4-7-13(9-14)18(28)25-17(20(30)31)16(12-5-2-1-3-6-12)19(29)22-10-15(26)27/h1-9,11,16-17H,10,21H2,(H,22,29)(H,23,24)(H,25,28)(H,26,27)(H,30,31). The fourth-order valence-corrected chi connectivity index (χ4v) is 2.80. The number of carbonyl (C=O) groups excluding carboxylic acids is 2. The Morgan fingerprint density at radius 2 is 1.74 bits per heavy atom. The molecular weight excluding hydrogens is 406 g/mol. The maximum absolute atomic E-state index is 12.7. The third kappa shape index (κ3) is 6.56. The Hall–Kier alpha value is -4.41. The topological polar surface area (TPSA) is 183 Å². The summed E-state index contributed by atoms with van der Waals surface area (Å²) < 4.78 is 0. The smallest absolute Gasteiger partial charge is 0.327 e. The summed E-state index contributed by atoms with van der Waals surface area (Å²) in [5, 5.41) is 29.1. The summed E-state index contributed by atoms with van der Waals surface area (Å²) in [7, 11) is 0. The molecule has 0 saturated heterocycles. The third-order valence-corrected chi connectivity index (χ3v) is 4.17. The first-order valence-corrected chi connectivity index (χ1v) is 9.00. The van der Waals surface area contributed by atoms with E-state index in [1.165, 1.54) is 30.6 Å². The number of nitrogens with zero attached hydrogens (tertiary/aromatic N) is 1. The highest BCUT2D eigenvalue weighted by Crippen LogP contribution is 2.21. The van der Waals surface area contributed by atoms with Gasteiger partial charge in [0, 0.05) is 11.3 Å². The Morgan fingerprint density at radius 3 is 2.35 bits per heavy atom. The lowest BCUT2D eigenvalue weighted by Crippen LogP contribution is -2.50. The van der Waals surface area contributed by atoms with Crippen molar-refractivity contribution in [2.75, 3.05) is 11.9 Å². The van der Waals surface area contributed by atoms with Crippen LogP contribution in [0.1, 0.15) is 21.8 Å². The van der Waals surface area contributed by atoms with Crippen LogP contribution in [0.2, 0.25) is 0 Å². The molecule has 162 valence electrons. The van der Waals surface area contributed by atoms with E-state index in [1.807, 2.05) is 0 Å². The molecule has 11 heteroatoms. The number of hydrogen-bond donors (Lipinski definition) is 6. The highest BCUT2D eigenvalue weighted by Gasteiger charge is 2.36. The summed E-state index contributed by atoms with van der Waals surface area (Å²) >= 11 is 0. The molecule has 0 fully saturated rings. The van der Waals surface area contributed by atoms with Crippen molar-refractivity contribution < 1.29 is 29.4 Å². The molecule has 7 N–H and O–H groups in total. The monoisotopic (exact) mass is 427 g/mol. The Bertz CT molecular complexity index is 979. The van der Waals surface area contributed by atoms with Gasteiger partial charge >= 0.3 is 11.9 Å². The summed E-state index contributed by atoms with van der Waals surface area (Å²) in [4.78, 5) is 48.2. The van der Waals surface area contributed by atoms with Crippen LogP contribution in [0.5, 0.6) is 0 Å². The molecule has 31 heavy (non-hydrogen) atoms. The molecule has 11 nitrogen and oxygen atoms in total. The first kappa shape index (κ1) is 22.9. The van der Waals surface area contributed by atoms with Crippen molar-refractivity contribution in [2.24, 2.45) is 10.9 Å². The summed E-state index contributed by atoms with van der Waals surface area (Å²) in [6.07, 6.45) is 1.20. The van der Waals surface area contributed by atoms with Crippen molar-refractivity contribution in [3.8, 4) is 0 Å². The van der Waals surface area contributed by atoms with Crippen LogP contribution >= 0.6 is 0 Å². The largest absolute Gasteiger partial charge is 0.480 e. The summed E-state index contributed by atoms with van der Waals surface area (Å²) in [5.74, 6) is -0.692. The van der Waals surface area contributed by atoms with Crippen LogP contribution in [-0.2, 0) is 14.4 Å². The predicted octanol–water partition coefficient (Wildman–Crippen LogP) is 0.168. The molecule has 0 heterocycles. The fraction of sp³-hybridized carbons (Fsp3) is 0.150. The van der Waals surface area contributed by atoms with Crippen LogP contribution in [0, 0.1) is 0 Å². The van der Waals surface area contributed by atoms with Gasteiger partial charge in [-0.25, -0.2) is 4.79 Å². The second-order valence-corrected chi connectivity index (χ2v) is 6.29. The predicted molar refractivity (Wildman–Crippen MR) is 111 cm³/mol. The zero-order valence-electron chi connectivity index (χ0n) is 16.2. The molecule has 2 rings (SSSR count). The van der Waals surface area contributed by atoms with Gasteiger partial charge in [-0.3, -0.25) is 14.4 Å². The molecule has 0 aromatic heterocycles. The third-order valence-electron chi connectivity index (χ3n) is 4.17. The van der Waals surface area contributed by atoms with E-state index in [2.05, 4.69) is 21.1 Å². The normalized spacial score (nSPS) is 12.5. The van der Waals surface area contributed by atoms with E-state index in [0.29, 0.717) is 11.3 Å². The number of benzene rings is 2. The van der Waals surface area contributed by atoms with E-state index >= 15 is 0 Å². The molecular formula is C20H21N5O6. The van der Waals surface area contributed by atoms with Gasteiger partial charge in [0.25, 0.3) is 5.91 Å². The van der Waals surface area contributed by atoms with Crippen LogP contribution in [0.4, 0.5) is 5.69 Å². The fourth-order valence-electron chi connectivity index (χ4n) is 2.80. The van der Waals surface area contributed by atoms with Gasteiger partial charge in [0.15, 0.2) is 0 Å². The maximum atomic E-state index is 12.7. The summed E-state index contributed by atoms with van der Waals surface area (Å²) in [6.45, 7) is -0.696. The number of hydrazone groups is 1. The molecule has 0 radical (unpaired) electrons. The van der Waals surface area contributed by atoms with Crippen molar-refractivity contribution in [1.82, 2.24) is 10.6 Å². The molecule has 2 aromatic carbocycles. The van der Waals surface area contributed by atoms with E-state index in [9.17, 15) is 24.3 Å². The van der Waals surface area contributed by atoms with Gasteiger partial charge in [-0.1, -0.05) is 36.4 Å². The van der Waals surface area contributed by atoms with Gasteiger partial charge < -0.3 is 32.0 Å². The number of rotatable bonds is 10. The molecule has 2 aromatic rings. The van der Waals surface area contributed by atoms with Gasteiger partial charge in [-0.05, 0) is 23.8 Å². The van der Waals surface area contributed by atoms with Crippen molar-refractivity contribution in [3.63, 3.8) is 0 Å². The second kappa shape index (κ2) is 11.0. The van der Waals surface area contributed by atoms with E-state index in [1.54, 1.807) is 30.3 Å². The van der Waals surface area contributed by atoms with E-state index in [-0.39, 0.29) is 5.56 Å². The second-order valence-electron chi connectivity index (χ2n) is 6.29. The van der Waals surface area contributed by atoms with Crippen molar-refractivity contribution in [1.29, 1.82) is 0 Å². The Morgan fingerprint density at radius 1 is 1.03 bits per heavy atom. The van der Waals surface area contributed by atoms with Gasteiger partial charge in [0.2, 0.25) is 5.91 Å². The number of carboxylic acids is 2. The Balaban J connectivity index is 2.33. The quantitative estimate of drug-likeness (QED) is 0.134. The molecule has 0 aliphatic rings. The minimum Gasteiger partial charge on any atom is -0.480 e. The van der Waals surface area contributed by atoms with Crippen LogP contribution in [0.25, 0.3) is 0 Å². The number of carbonyl (C=O) groups is 4. The van der Waals surface area contributed by atoms with Crippen LogP contribution in [0.15, 0.2) is 59.7 Å². The summed E-state index contributed by atoms with van der Waals surface area (Å²) in [6, 6.07) is 12.3. The van der Waals surface area contributed by atoms with Gasteiger partial charge in [-0.2, -0.15) is 5.10 Å². The van der Waals surface area contributed by atoms with Gasteiger partial charge in [0.1, 0.15) is 18.9 Å². The minimum atomic E-state index is -1.66. The number of anilines is 1. The van der Waals surface area contributed by atoms with E-state index in [4.69, 9.17) is 10.9 Å². The molecule has 2 atom stereocenters. The van der Waals surface area contributed by atoms with Crippen LogP contribution < -0.4 is 21.8 Å². The number of aliphatic carboxylic acids is 2. The van der Waals surface area contributed by atoms with E-state index < -0.39 is 42.3 Å². The average molecular weight is 427 g/mol. The molecule has 0 saturated carbocycles. The SMILES string of the molecule is NN=CNc1cccc(C(=O)NC(C(=O)O)C(C(=O)NCC(=O)O)c2ccccc2)c1. The average Bonchev–Trinajstić information content (AvgIpc) is 2.76. The van der Waals surface area contributed by atoms with Crippen molar-refractivity contribution in [3.05, 3.63) is 65.7 Å². The van der Waals surface area contributed by atoms with Gasteiger partial charge in [-0.15, -0.1) is 0 Å². The lowest BCUT2D eigenvalue weighted by Gasteiger charge is -2.24. The number of hydrogen-bond acceptors (Lipinski definition) is 6. The Labute approximate surface area is 176 Å². The summed E-state index contributed by atoms with van der Waals surface area (Å²) in [5.41, 5.74) is 0.902. The molecule has 0 aliphatic heterocycles. The Kier molecular flexibility index (Phi) is 8.08. The number of carboxylic acid groups (broad SMARTS) is 2. The number of nitrogens with two attached hydrogens (primary N) is 1. The zero-order valence-corrected chi connectivity index (χ0v) is 16.2. The zero-order chi connectivity index (χ0) is 22.8. The molecule has 0 spiro atoms. The molecule has 0 bridgehead atoms. The van der Waals surface area contributed by atoms with Crippen LogP contribution in [0.3, 0.4) is 0 Å². The van der Waals surface area contributed by atoms with Crippen molar-refractivity contribution in [2.45, 2.75) is 12.0 Å². The van der Waals surface area contributed by atoms with Crippen LogP contribution in [-0.4, -0.2) is 52.9 Å². The maximum Gasteiger partial charge on any atom is 0.327 e. The number of nitrogens with one attached hydrogen (secondary N) is 3. The minimum absolute atomic E-state index is 0.124. The molecule has 0 aliphatic carbocycles. The van der Waals surface area contributed by atoms with Gasteiger partial charge in [0.05, 0.1) is 5.92 Å². The molecule has 2 amide bonds. The number of amides is 2. The lowest BCUT2D eigenvalue weighted by molar-refractivity contribution is -0.142. The highest BCUT2D eigenvalue weighted by molar-refractivity contribution is 6.00.